The van der Waals surface area contributed by atoms with E-state index < -0.39 is 17.5 Å². The van der Waals surface area contributed by atoms with E-state index in [1.165, 1.54) is 6.07 Å². The zero-order valence-electron chi connectivity index (χ0n) is 15.7. The maximum Gasteiger partial charge on any atom is 0.433 e. The van der Waals surface area contributed by atoms with E-state index >= 15 is 0 Å². The molecule has 0 aromatic carbocycles. The van der Waals surface area contributed by atoms with Gasteiger partial charge >= 0.3 is 6.18 Å². The minimum absolute atomic E-state index is 0.0788. The fourth-order valence-electron chi connectivity index (χ4n) is 4.41. The molecule has 1 saturated heterocycles. The van der Waals surface area contributed by atoms with Gasteiger partial charge in [-0.2, -0.15) is 13.2 Å². The van der Waals surface area contributed by atoms with Crippen LogP contribution < -0.4 is 0 Å². The number of aromatic nitrogens is 2. The number of nitrogens with zero attached hydrogens (tertiary/aromatic N) is 3. The number of halogens is 3. The van der Waals surface area contributed by atoms with E-state index in [-0.39, 0.29) is 11.8 Å². The van der Waals surface area contributed by atoms with Crippen LogP contribution in [0, 0.1) is 11.8 Å². The third-order valence-electron chi connectivity index (χ3n) is 6.00. The van der Waals surface area contributed by atoms with Gasteiger partial charge in [-0.05, 0) is 56.7 Å². The Kier molecular flexibility index (Phi) is 4.64. The van der Waals surface area contributed by atoms with Crippen LogP contribution in [-0.4, -0.2) is 44.2 Å². The molecule has 152 valence electrons. The summed E-state index contributed by atoms with van der Waals surface area (Å²) in [5, 5.41) is 10.5. The van der Waals surface area contributed by atoms with E-state index in [0.717, 1.165) is 18.9 Å². The lowest BCUT2D eigenvalue weighted by Crippen LogP contribution is -2.51. The maximum absolute atomic E-state index is 13.0. The molecule has 8 heteroatoms. The molecule has 5 nitrogen and oxygen atoms in total. The first-order valence-corrected chi connectivity index (χ1v) is 9.67. The van der Waals surface area contributed by atoms with Gasteiger partial charge < -0.3 is 14.6 Å². The highest BCUT2D eigenvalue weighted by atomic mass is 19.4. The summed E-state index contributed by atoms with van der Waals surface area (Å²) in [6, 6.07) is 4.24. The molecule has 1 aliphatic heterocycles. The topological polar surface area (TPSA) is 58.4 Å². The van der Waals surface area contributed by atoms with E-state index in [2.05, 4.69) is 4.98 Å². The summed E-state index contributed by atoms with van der Waals surface area (Å²) >= 11 is 0. The number of carbonyl (C=O) groups is 1. The number of pyridine rings is 1. The third-order valence-corrected chi connectivity index (χ3v) is 6.00. The normalized spacial score (nSPS) is 26.5. The number of hydrogen-bond donors (Lipinski definition) is 1. The van der Waals surface area contributed by atoms with Crippen LogP contribution in [0.5, 0.6) is 0 Å². The van der Waals surface area contributed by atoms with Gasteiger partial charge in [0.05, 0.1) is 5.60 Å². The smallest absolute Gasteiger partial charge is 0.390 e. The number of hydrogen-bond acceptors (Lipinski definition) is 3. The average Bonchev–Trinajstić information content (AvgIpc) is 3.01. The van der Waals surface area contributed by atoms with Crippen molar-refractivity contribution in [2.24, 2.45) is 11.8 Å². The molecule has 1 N–H and O–H groups in total. The minimum Gasteiger partial charge on any atom is -0.390 e. The van der Waals surface area contributed by atoms with E-state index in [4.69, 9.17) is 0 Å². The molecule has 1 amide bonds. The van der Waals surface area contributed by atoms with Crippen LogP contribution in [0.15, 0.2) is 24.4 Å². The molecule has 0 atom stereocenters. The summed E-state index contributed by atoms with van der Waals surface area (Å²) in [6.07, 6.45) is -0.00339. The molecule has 1 saturated carbocycles. The van der Waals surface area contributed by atoms with Crippen LogP contribution >= 0.6 is 0 Å². The second-order valence-corrected chi connectivity index (χ2v) is 8.45. The van der Waals surface area contributed by atoms with E-state index in [1.807, 2.05) is 4.90 Å². The fraction of sp³-hybridized carbons (Fsp3) is 0.600. The van der Waals surface area contributed by atoms with Gasteiger partial charge in [-0.15, -0.1) is 0 Å². The Hall–Kier alpha value is -2.09. The molecule has 2 fully saturated rings. The van der Waals surface area contributed by atoms with Crippen molar-refractivity contribution in [1.82, 2.24) is 14.5 Å². The van der Waals surface area contributed by atoms with Crippen molar-refractivity contribution in [1.29, 1.82) is 0 Å². The summed E-state index contributed by atoms with van der Waals surface area (Å²) < 4.78 is 40.6. The molecule has 3 heterocycles. The van der Waals surface area contributed by atoms with Gasteiger partial charge in [0, 0.05) is 37.1 Å². The molecular formula is C20H24F3N3O2. The number of piperidine rings is 1. The predicted octanol–water partition coefficient (Wildman–Crippen LogP) is 3.45. The van der Waals surface area contributed by atoms with Crippen LogP contribution in [0.2, 0.25) is 0 Å². The maximum atomic E-state index is 13.0. The second kappa shape index (κ2) is 6.76. The van der Waals surface area contributed by atoms with Crippen molar-refractivity contribution in [3.05, 3.63) is 30.1 Å². The lowest BCUT2D eigenvalue weighted by Gasteiger charge is -2.43. The first-order valence-electron chi connectivity index (χ1n) is 9.67. The van der Waals surface area contributed by atoms with Gasteiger partial charge in [-0.3, -0.25) is 4.79 Å². The number of carbonyl (C=O) groups excluding carboxylic acids is 1. The number of alkyl halides is 3. The standard InChI is InChI=1S/C20H24F3N3O2/c1-19(28)10-15(11-19)18(27)25-7-4-13(5-8-25)12-26-9-6-14-2-3-16(20(21,22)23)24-17(14)26/h2-3,6,9,13,15,28H,4-5,7-8,10-12H2,1H3/t15-,19+. The molecule has 0 spiro atoms. The van der Waals surface area contributed by atoms with Crippen molar-refractivity contribution in [2.75, 3.05) is 13.1 Å². The molecule has 28 heavy (non-hydrogen) atoms. The zero-order chi connectivity index (χ0) is 20.1. The zero-order valence-corrected chi connectivity index (χ0v) is 15.7. The third kappa shape index (κ3) is 3.74. The summed E-state index contributed by atoms with van der Waals surface area (Å²) in [7, 11) is 0. The Morgan fingerprint density at radius 1 is 1.25 bits per heavy atom. The molecule has 0 radical (unpaired) electrons. The Morgan fingerprint density at radius 2 is 1.93 bits per heavy atom. The molecule has 2 aromatic rings. The Labute approximate surface area is 161 Å². The van der Waals surface area contributed by atoms with Crippen molar-refractivity contribution in [3.8, 4) is 0 Å². The lowest BCUT2D eigenvalue weighted by molar-refractivity contribution is -0.151. The van der Waals surface area contributed by atoms with Gasteiger partial charge in [0.2, 0.25) is 5.91 Å². The Bertz CT molecular complexity index is 874. The van der Waals surface area contributed by atoms with Gasteiger partial charge in [0.1, 0.15) is 11.3 Å². The first-order chi connectivity index (χ1) is 13.1. The molecule has 4 rings (SSSR count). The van der Waals surface area contributed by atoms with Crippen molar-refractivity contribution in [2.45, 2.75) is 50.9 Å². The van der Waals surface area contributed by atoms with E-state index in [1.54, 1.807) is 23.8 Å². The largest absolute Gasteiger partial charge is 0.433 e. The number of fused-ring (bicyclic) bond motifs is 1. The molecular weight excluding hydrogens is 371 g/mol. The Morgan fingerprint density at radius 3 is 2.54 bits per heavy atom. The van der Waals surface area contributed by atoms with Crippen LogP contribution in [0.25, 0.3) is 11.0 Å². The minimum atomic E-state index is -4.46. The van der Waals surface area contributed by atoms with Crippen molar-refractivity contribution in [3.63, 3.8) is 0 Å². The quantitative estimate of drug-likeness (QED) is 0.866. The summed E-state index contributed by atoms with van der Waals surface area (Å²) in [6.45, 7) is 3.66. The lowest BCUT2D eigenvalue weighted by atomic mass is 9.71. The number of likely N-dealkylation sites (tertiary alicyclic amines) is 1. The highest BCUT2D eigenvalue weighted by Gasteiger charge is 2.44. The molecule has 2 aromatic heterocycles. The van der Waals surface area contributed by atoms with Crippen LogP contribution in [0.1, 0.15) is 38.3 Å². The predicted molar refractivity (Wildman–Crippen MR) is 97.4 cm³/mol. The number of rotatable bonds is 3. The van der Waals surface area contributed by atoms with E-state index in [9.17, 15) is 23.1 Å². The van der Waals surface area contributed by atoms with E-state index in [0.29, 0.717) is 49.4 Å². The van der Waals surface area contributed by atoms with Crippen molar-refractivity contribution < 1.29 is 23.1 Å². The van der Waals surface area contributed by atoms with Gasteiger partial charge in [0.25, 0.3) is 0 Å². The SMILES string of the molecule is C[C@]1(O)C[C@@H](C(=O)N2CCC(Cn3ccc4ccc(C(F)(F)F)nc43)CC2)C1. The fourth-order valence-corrected chi connectivity index (χ4v) is 4.41. The van der Waals surface area contributed by atoms with Crippen LogP contribution in [-0.2, 0) is 17.5 Å². The molecule has 1 aliphatic carbocycles. The number of amides is 1. The van der Waals surface area contributed by atoms with Crippen molar-refractivity contribution >= 4 is 16.9 Å². The van der Waals surface area contributed by atoms with Crippen LogP contribution in [0.3, 0.4) is 0 Å². The van der Waals surface area contributed by atoms with Gasteiger partial charge in [-0.1, -0.05) is 0 Å². The van der Waals surface area contributed by atoms with Gasteiger partial charge in [0.15, 0.2) is 0 Å². The van der Waals surface area contributed by atoms with Gasteiger partial charge in [-0.25, -0.2) is 4.98 Å². The first kappa shape index (κ1) is 19.2. The number of aliphatic hydroxyl groups is 1. The molecule has 2 aliphatic rings. The summed E-state index contributed by atoms with van der Waals surface area (Å²) in [5.41, 5.74) is -1.24. The molecule has 0 unspecified atom stereocenters. The molecule has 0 bridgehead atoms. The highest BCUT2D eigenvalue weighted by Crippen LogP contribution is 2.39. The average molecular weight is 395 g/mol. The second-order valence-electron chi connectivity index (χ2n) is 8.45. The summed E-state index contributed by atoms with van der Waals surface area (Å²) in [4.78, 5) is 18.2. The Balaban J connectivity index is 1.38. The highest BCUT2D eigenvalue weighted by molar-refractivity contribution is 5.80. The van der Waals surface area contributed by atoms with Crippen LogP contribution in [0.4, 0.5) is 13.2 Å². The summed E-state index contributed by atoms with van der Waals surface area (Å²) in [5.74, 6) is 0.332. The monoisotopic (exact) mass is 395 g/mol.